The van der Waals surface area contributed by atoms with E-state index in [1.807, 2.05) is 24.3 Å². The number of hydrogen-bond acceptors (Lipinski definition) is 5. The third-order valence-electron chi connectivity index (χ3n) is 3.42. The molecule has 0 aromatic heterocycles. The molecule has 6 heteroatoms. The number of aliphatic carboxylic acids is 1. The van der Waals surface area contributed by atoms with Crippen LogP contribution in [0.3, 0.4) is 0 Å². The molecule has 0 fully saturated rings. The normalized spacial score (nSPS) is 13.3. The number of rotatable bonds is 7. The fourth-order valence-electron chi connectivity index (χ4n) is 2.11. The van der Waals surface area contributed by atoms with Gasteiger partial charge in [-0.25, -0.2) is 0 Å². The van der Waals surface area contributed by atoms with Gasteiger partial charge in [0.05, 0.1) is 12.4 Å². The van der Waals surface area contributed by atoms with Gasteiger partial charge in [-0.05, 0) is 35.4 Å². The zero-order valence-electron chi connectivity index (χ0n) is 12.7. The highest BCUT2D eigenvalue weighted by Crippen LogP contribution is 2.35. The Bertz CT molecular complexity index is 643. The van der Waals surface area contributed by atoms with E-state index in [1.54, 1.807) is 19.2 Å². The number of aromatic hydroxyl groups is 1. The Labute approximate surface area is 139 Å². The summed E-state index contributed by atoms with van der Waals surface area (Å²) < 4.78 is 5.12. The van der Waals surface area contributed by atoms with Gasteiger partial charge >= 0.3 is 5.97 Å². The second-order valence-corrected chi connectivity index (χ2v) is 6.17. The summed E-state index contributed by atoms with van der Waals surface area (Å²) in [5, 5.41) is 18.2. The number of thioether (sulfide) groups is 1. The standard InChI is InChI=1S/C17H19NO4S/c1-22-14-8-2-11(3-9-14)10-23-16(15(18)17(20)21)12-4-6-13(19)7-5-12/h2-9,15-16,19H,10,18H2,1H3,(H,20,21)/t15-,16-/m1/s1. The molecule has 0 heterocycles. The molecule has 0 bridgehead atoms. The summed E-state index contributed by atoms with van der Waals surface area (Å²) in [6.45, 7) is 0. The van der Waals surface area contributed by atoms with Crippen LogP contribution in [0.2, 0.25) is 0 Å². The van der Waals surface area contributed by atoms with Crippen LogP contribution >= 0.6 is 11.8 Å². The van der Waals surface area contributed by atoms with Gasteiger partial charge in [0.2, 0.25) is 0 Å². The van der Waals surface area contributed by atoms with E-state index in [-0.39, 0.29) is 5.75 Å². The number of hydrogen-bond donors (Lipinski definition) is 3. The van der Waals surface area contributed by atoms with Gasteiger partial charge in [0, 0.05) is 5.75 Å². The summed E-state index contributed by atoms with van der Waals surface area (Å²) in [6, 6.07) is 13.0. The molecule has 5 nitrogen and oxygen atoms in total. The van der Waals surface area contributed by atoms with Crippen molar-refractivity contribution >= 4 is 17.7 Å². The molecule has 0 saturated carbocycles. The molecule has 2 aromatic carbocycles. The van der Waals surface area contributed by atoms with Crippen LogP contribution in [0.5, 0.6) is 11.5 Å². The van der Waals surface area contributed by atoms with Gasteiger partial charge < -0.3 is 20.7 Å². The second-order valence-electron chi connectivity index (χ2n) is 5.04. The Hall–Kier alpha value is -2.18. The van der Waals surface area contributed by atoms with Crippen molar-refractivity contribution in [2.24, 2.45) is 5.73 Å². The van der Waals surface area contributed by atoms with E-state index in [9.17, 15) is 15.0 Å². The Morgan fingerprint density at radius 1 is 1.17 bits per heavy atom. The number of carboxylic acid groups (broad SMARTS) is 1. The molecule has 2 aromatic rings. The fourth-order valence-corrected chi connectivity index (χ4v) is 3.35. The Kier molecular flexibility index (Phi) is 5.90. The number of phenols is 1. The molecule has 0 aliphatic rings. The molecule has 0 saturated heterocycles. The number of methoxy groups -OCH3 is 1. The quantitative estimate of drug-likeness (QED) is 0.721. The molecule has 23 heavy (non-hydrogen) atoms. The van der Waals surface area contributed by atoms with Crippen LogP contribution in [0, 0.1) is 0 Å². The maximum absolute atomic E-state index is 11.3. The summed E-state index contributed by atoms with van der Waals surface area (Å²) in [4.78, 5) is 11.3. The first-order chi connectivity index (χ1) is 11.0. The predicted octanol–water partition coefficient (Wildman–Crippen LogP) is 2.79. The molecule has 0 radical (unpaired) electrons. The zero-order valence-corrected chi connectivity index (χ0v) is 13.5. The van der Waals surface area contributed by atoms with Crippen molar-refractivity contribution in [2.75, 3.05) is 7.11 Å². The number of ether oxygens (including phenoxy) is 1. The number of nitrogens with two attached hydrogens (primary N) is 1. The molecule has 4 N–H and O–H groups in total. The highest BCUT2D eigenvalue weighted by atomic mass is 32.2. The summed E-state index contributed by atoms with van der Waals surface area (Å²) in [5.41, 5.74) is 7.66. The molecular weight excluding hydrogens is 314 g/mol. The van der Waals surface area contributed by atoms with E-state index in [2.05, 4.69) is 0 Å². The first kappa shape index (κ1) is 17.2. The minimum absolute atomic E-state index is 0.136. The van der Waals surface area contributed by atoms with E-state index >= 15 is 0 Å². The van der Waals surface area contributed by atoms with Crippen molar-refractivity contribution in [3.8, 4) is 11.5 Å². The third kappa shape index (κ3) is 4.64. The number of carboxylic acids is 1. The van der Waals surface area contributed by atoms with Gasteiger partial charge in [0.1, 0.15) is 17.5 Å². The molecule has 0 unspecified atom stereocenters. The van der Waals surface area contributed by atoms with Crippen LogP contribution in [-0.4, -0.2) is 29.3 Å². The predicted molar refractivity (Wildman–Crippen MR) is 90.7 cm³/mol. The lowest BCUT2D eigenvalue weighted by molar-refractivity contribution is -0.138. The van der Waals surface area contributed by atoms with Crippen LogP contribution in [0.15, 0.2) is 48.5 Å². The topological polar surface area (TPSA) is 92.8 Å². The van der Waals surface area contributed by atoms with Gasteiger partial charge in [-0.1, -0.05) is 24.3 Å². The van der Waals surface area contributed by atoms with E-state index in [4.69, 9.17) is 10.5 Å². The van der Waals surface area contributed by atoms with E-state index in [0.29, 0.717) is 5.75 Å². The molecular formula is C17H19NO4S. The molecule has 0 aliphatic carbocycles. The van der Waals surface area contributed by atoms with Crippen molar-refractivity contribution in [1.82, 2.24) is 0 Å². The van der Waals surface area contributed by atoms with Gasteiger partial charge in [0.25, 0.3) is 0 Å². The molecule has 0 amide bonds. The van der Waals surface area contributed by atoms with Crippen molar-refractivity contribution < 1.29 is 19.7 Å². The SMILES string of the molecule is COc1ccc(CS[C@H](c2ccc(O)cc2)[C@@H](N)C(=O)O)cc1. The molecule has 0 aliphatic heterocycles. The highest BCUT2D eigenvalue weighted by molar-refractivity contribution is 7.98. The van der Waals surface area contributed by atoms with Crippen molar-refractivity contribution in [1.29, 1.82) is 0 Å². The summed E-state index contributed by atoms with van der Waals surface area (Å²) in [6.07, 6.45) is 0. The van der Waals surface area contributed by atoms with Crippen LogP contribution < -0.4 is 10.5 Å². The summed E-state index contributed by atoms with van der Waals surface area (Å²) in [7, 11) is 1.61. The molecule has 122 valence electrons. The molecule has 2 rings (SSSR count). The lowest BCUT2D eigenvalue weighted by Gasteiger charge is -2.21. The second kappa shape index (κ2) is 7.89. The van der Waals surface area contributed by atoms with Crippen LogP contribution in [0.25, 0.3) is 0 Å². The zero-order chi connectivity index (χ0) is 16.8. The minimum atomic E-state index is -1.05. The first-order valence-corrected chi connectivity index (χ1v) is 8.08. The van der Waals surface area contributed by atoms with Gasteiger partial charge in [-0.2, -0.15) is 0 Å². The number of phenolic OH excluding ortho intramolecular Hbond substituents is 1. The molecule has 0 spiro atoms. The van der Waals surface area contributed by atoms with Crippen LogP contribution in [0.1, 0.15) is 16.4 Å². The summed E-state index contributed by atoms with van der Waals surface area (Å²) in [5.74, 6) is 0.481. The van der Waals surface area contributed by atoms with Crippen molar-refractivity contribution in [3.05, 3.63) is 59.7 Å². The Morgan fingerprint density at radius 3 is 2.30 bits per heavy atom. The van der Waals surface area contributed by atoms with Crippen LogP contribution in [-0.2, 0) is 10.5 Å². The van der Waals surface area contributed by atoms with Crippen molar-refractivity contribution in [2.45, 2.75) is 17.0 Å². The van der Waals surface area contributed by atoms with E-state index in [0.717, 1.165) is 16.9 Å². The average molecular weight is 333 g/mol. The third-order valence-corrected chi connectivity index (χ3v) is 4.85. The lowest BCUT2D eigenvalue weighted by Crippen LogP contribution is -2.35. The average Bonchev–Trinajstić information content (AvgIpc) is 2.56. The van der Waals surface area contributed by atoms with Gasteiger partial charge in [-0.15, -0.1) is 11.8 Å². The lowest BCUT2D eigenvalue weighted by atomic mass is 10.1. The number of carbonyl (C=O) groups is 1. The van der Waals surface area contributed by atoms with E-state index in [1.165, 1.54) is 23.9 Å². The van der Waals surface area contributed by atoms with Gasteiger partial charge in [0.15, 0.2) is 0 Å². The smallest absolute Gasteiger partial charge is 0.321 e. The maximum Gasteiger partial charge on any atom is 0.321 e. The summed E-state index contributed by atoms with van der Waals surface area (Å²) >= 11 is 1.46. The van der Waals surface area contributed by atoms with Crippen LogP contribution in [0.4, 0.5) is 0 Å². The largest absolute Gasteiger partial charge is 0.508 e. The molecule has 2 atom stereocenters. The van der Waals surface area contributed by atoms with E-state index < -0.39 is 17.3 Å². The Morgan fingerprint density at radius 2 is 1.78 bits per heavy atom. The Balaban J connectivity index is 2.13. The maximum atomic E-state index is 11.3. The van der Waals surface area contributed by atoms with Crippen molar-refractivity contribution in [3.63, 3.8) is 0 Å². The van der Waals surface area contributed by atoms with Gasteiger partial charge in [-0.3, -0.25) is 4.79 Å². The first-order valence-electron chi connectivity index (χ1n) is 7.03. The fraction of sp³-hybridized carbons (Fsp3) is 0.235. The number of benzene rings is 2. The minimum Gasteiger partial charge on any atom is -0.508 e. The highest BCUT2D eigenvalue weighted by Gasteiger charge is 2.26. The monoisotopic (exact) mass is 333 g/mol.